The monoisotopic (exact) mass is 445 g/mol. The number of ether oxygens (including phenoxy) is 1. The number of nitrogens with zero attached hydrogens (tertiary/aromatic N) is 2. The Hall–Kier alpha value is -2.87. The minimum atomic E-state index is -0.296. The number of fused-ring (bicyclic) bond motifs is 1. The molecule has 2 aromatic carbocycles. The van der Waals surface area contributed by atoms with E-state index in [-0.39, 0.29) is 43.8 Å². The van der Waals surface area contributed by atoms with Crippen LogP contribution < -0.4 is 15.0 Å². The lowest BCUT2D eigenvalue weighted by Crippen LogP contribution is -2.42. The van der Waals surface area contributed by atoms with Gasteiger partial charge in [0.05, 0.1) is 17.9 Å². The Morgan fingerprint density at radius 3 is 2.68 bits per heavy atom. The van der Waals surface area contributed by atoms with Crippen LogP contribution in [-0.2, 0) is 14.4 Å². The number of para-hydroxylation sites is 3. The summed E-state index contributed by atoms with van der Waals surface area (Å²) >= 11 is 3.36. The van der Waals surface area contributed by atoms with E-state index in [1.807, 2.05) is 30.3 Å². The third kappa shape index (κ3) is 4.69. The predicted octanol–water partition coefficient (Wildman–Crippen LogP) is 2.66. The normalized spacial score (nSPS) is 12.8. The van der Waals surface area contributed by atoms with Gasteiger partial charge in [0, 0.05) is 24.5 Å². The van der Waals surface area contributed by atoms with E-state index in [1.165, 1.54) is 4.90 Å². The quantitative estimate of drug-likeness (QED) is 0.740. The van der Waals surface area contributed by atoms with Crippen LogP contribution in [0.25, 0.3) is 0 Å². The van der Waals surface area contributed by atoms with Gasteiger partial charge in [0.1, 0.15) is 5.75 Å². The summed E-state index contributed by atoms with van der Waals surface area (Å²) in [5.41, 5.74) is 1.30. The Bertz CT molecular complexity index is 903. The molecule has 146 valence electrons. The largest absolute Gasteiger partial charge is 0.482 e. The molecule has 0 saturated carbocycles. The first-order valence-electron chi connectivity index (χ1n) is 8.76. The van der Waals surface area contributed by atoms with Crippen molar-refractivity contribution in [1.29, 1.82) is 0 Å². The van der Waals surface area contributed by atoms with E-state index in [0.29, 0.717) is 17.1 Å². The van der Waals surface area contributed by atoms with Crippen LogP contribution in [0.3, 0.4) is 0 Å². The van der Waals surface area contributed by atoms with Crippen molar-refractivity contribution in [2.45, 2.75) is 6.42 Å². The van der Waals surface area contributed by atoms with Gasteiger partial charge < -0.3 is 19.9 Å². The molecule has 0 bridgehead atoms. The maximum atomic E-state index is 12.4. The van der Waals surface area contributed by atoms with Crippen molar-refractivity contribution in [3.8, 4) is 5.75 Å². The molecule has 0 saturated heterocycles. The van der Waals surface area contributed by atoms with Gasteiger partial charge in [-0.25, -0.2) is 0 Å². The number of anilines is 2. The Balaban J connectivity index is 1.54. The average molecular weight is 446 g/mol. The van der Waals surface area contributed by atoms with Crippen molar-refractivity contribution in [2.24, 2.45) is 0 Å². The summed E-state index contributed by atoms with van der Waals surface area (Å²) in [5.74, 6) is -0.0915. The summed E-state index contributed by atoms with van der Waals surface area (Å²) in [6, 6.07) is 14.5. The zero-order chi connectivity index (χ0) is 20.1. The second kappa shape index (κ2) is 8.88. The van der Waals surface area contributed by atoms with Crippen molar-refractivity contribution in [3.05, 3.63) is 53.0 Å². The molecule has 1 aliphatic heterocycles. The second-order valence-corrected chi connectivity index (χ2v) is 7.18. The van der Waals surface area contributed by atoms with E-state index in [4.69, 9.17) is 4.74 Å². The molecule has 1 aliphatic rings. The third-order valence-corrected chi connectivity index (χ3v) is 5.00. The van der Waals surface area contributed by atoms with Gasteiger partial charge in [-0.1, -0.05) is 24.3 Å². The molecule has 0 aromatic heterocycles. The van der Waals surface area contributed by atoms with Crippen LogP contribution in [0.15, 0.2) is 53.0 Å². The summed E-state index contributed by atoms with van der Waals surface area (Å²) in [5, 5.41) is 2.76. The number of rotatable bonds is 6. The Kier molecular flexibility index (Phi) is 6.30. The molecule has 0 spiro atoms. The Morgan fingerprint density at radius 1 is 1.18 bits per heavy atom. The average Bonchev–Trinajstić information content (AvgIpc) is 2.68. The highest BCUT2D eigenvalue weighted by molar-refractivity contribution is 9.10. The minimum Gasteiger partial charge on any atom is -0.482 e. The number of halogens is 1. The maximum Gasteiger partial charge on any atom is 0.265 e. The predicted molar refractivity (Wildman–Crippen MR) is 109 cm³/mol. The molecular formula is C20H20BrN3O4. The number of amides is 3. The summed E-state index contributed by atoms with van der Waals surface area (Å²) in [6.45, 7) is 0.109. The molecule has 3 amide bonds. The SMILES string of the molecule is CN(CC(=O)Nc1ccccc1Br)C(=O)CCN1C(=O)COc2ccccc21. The van der Waals surface area contributed by atoms with Crippen LogP contribution in [0.5, 0.6) is 5.75 Å². The lowest BCUT2D eigenvalue weighted by molar-refractivity contribution is -0.133. The number of hydrogen-bond donors (Lipinski definition) is 1. The minimum absolute atomic E-state index is 0.0462. The summed E-state index contributed by atoms with van der Waals surface area (Å²) < 4.78 is 6.16. The van der Waals surface area contributed by atoms with Crippen LogP contribution in [0, 0.1) is 0 Å². The highest BCUT2D eigenvalue weighted by atomic mass is 79.9. The first-order valence-corrected chi connectivity index (χ1v) is 9.55. The Morgan fingerprint density at radius 2 is 1.89 bits per heavy atom. The van der Waals surface area contributed by atoms with Crippen molar-refractivity contribution in [3.63, 3.8) is 0 Å². The van der Waals surface area contributed by atoms with E-state index in [0.717, 1.165) is 4.47 Å². The van der Waals surface area contributed by atoms with E-state index in [1.54, 1.807) is 30.1 Å². The molecule has 7 nitrogen and oxygen atoms in total. The zero-order valence-electron chi connectivity index (χ0n) is 15.4. The van der Waals surface area contributed by atoms with Gasteiger partial charge in [0.25, 0.3) is 5.91 Å². The molecule has 0 aliphatic carbocycles. The number of hydrogen-bond acceptors (Lipinski definition) is 4. The second-order valence-electron chi connectivity index (χ2n) is 6.33. The van der Waals surface area contributed by atoms with E-state index in [9.17, 15) is 14.4 Å². The third-order valence-electron chi connectivity index (χ3n) is 4.31. The van der Waals surface area contributed by atoms with Crippen molar-refractivity contribution < 1.29 is 19.1 Å². The fourth-order valence-corrected chi connectivity index (χ4v) is 3.24. The van der Waals surface area contributed by atoms with Gasteiger partial charge in [-0.15, -0.1) is 0 Å². The topological polar surface area (TPSA) is 79.0 Å². The highest BCUT2D eigenvalue weighted by Gasteiger charge is 2.26. The van der Waals surface area contributed by atoms with Crippen LogP contribution in [0.4, 0.5) is 11.4 Å². The molecular weight excluding hydrogens is 426 g/mol. The van der Waals surface area contributed by atoms with Crippen molar-refractivity contribution in [2.75, 3.05) is 37.0 Å². The lowest BCUT2D eigenvalue weighted by atomic mass is 10.2. The maximum absolute atomic E-state index is 12.4. The molecule has 0 fully saturated rings. The molecule has 2 aromatic rings. The molecule has 0 unspecified atom stereocenters. The zero-order valence-corrected chi connectivity index (χ0v) is 16.9. The highest BCUT2D eigenvalue weighted by Crippen LogP contribution is 2.31. The van der Waals surface area contributed by atoms with Gasteiger partial charge in [-0.3, -0.25) is 14.4 Å². The molecule has 8 heteroatoms. The van der Waals surface area contributed by atoms with Crippen LogP contribution in [0.2, 0.25) is 0 Å². The Labute approximate surface area is 171 Å². The molecule has 1 N–H and O–H groups in total. The molecule has 0 radical (unpaired) electrons. The number of benzene rings is 2. The lowest BCUT2D eigenvalue weighted by Gasteiger charge is -2.29. The summed E-state index contributed by atoms with van der Waals surface area (Å²) in [6.07, 6.45) is 0.110. The fourth-order valence-electron chi connectivity index (χ4n) is 2.85. The smallest absolute Gasteiger partial charge is 0.265 e. The standard InChI is InChI=1S/C20H20BrN3O4/c1-23(12-18(25)22-15-7-3-2-6-14(15)21)19(26)10-11-24-16-8-4-5-9-17(16)28-13-20(24)27/h2-9H,10-13H2,1H3,(H,22,25). The van der Waals surface area contributed by atoms with Gasteiger partial charge in [-0.2, -0.15) is 0 Å². The van der Waals surface area contributed by atoms with Gasteiger partial charge in [0.15, 0.2) is 6.61 Å². The van der Waals surface area contributed by atoms with Crippen molar-refractivity contribution >= 4 is 45.0 Å². The van der Waals surface area contributed by atoms with E-state index in [2.05, 4.69) is 21.2 Å². The summed E-state index contributed by atoms with van der Waals surface area (Å²) in [7, 11) is 1.57. The van der Waals surface area contributed by atoms with Crippen LogP contribution >= 0.6 is 15.9 Å². The number of carbonyl (C=O) groups is 3. The number of nitrogens with one attached hydrogen (secondary N) is 1. The number of likely N-dealkylation sites (N-methyl/N-ethyl adjacent to an activating group) is 1. The number of carbonyl (C=O) groups excluding carboxylic acids is 3. The van der Waals surface area contributed by atoms with Crippen LogP contribution in [0.1, 0.15) is 6.42 Å². The van der Waals surface area contributed by atoms with E-state index < -0.39 is 0 Å². The molecule has 0 atom stereocenters. The van der Waals surface area contributed by atoms with Gasteiger partial charge >= 0.3 is 0 Å². The van der Waals surface area contributed by atoms with Crippen molar-refractivity contribution in [1.82, 2.24) is 4.90 Å². The fraction of sp³-hybridized carbons (Fsp3) is 0.250. The first-order chi connectivity index (χ1) is 13.5. The van der Waals surface area contributed by atoms with E-state index >= 15 is 0 Å². The van der Waals surface area contributed by atoms with Crippen LogP contribution in [-0.4, -0.2) is 49.4 Å². The summed E-state index contributed by atoms with van der Waals surface area (Å²) in [4.78, 5) is 39.7. The molecule has 28 heavy (non-hydrogen) atoms. The molecule has 3 rings (SSSR count). The van der Waals surface area contributed by atoms with Gasteiger partial charge in [0.2, 0.25) is 11.8 Å². The first kappa shape index (κ1) is 19.9. The van der Waals surface area contributed by atoms with Gasteiger partial charge in [-0.05, 0) is 40.2 Å². The molecule has 1 heterocycles.